The van der Waals surface area contributed by atoms with E-state index in [-0.39, 0.29) is 17.2 Å². The third-order valence-corrected chi connectivity index (χ3v) is 7.41. The van der Waals surface area contributed by atoms with Crippen LogP contribution in [0.1, 0.15) is 11.1 Å². The first-order valence-electron chi connectivity index (χ1n) is 14.3. The van der Waals surface area contributed by atoms with Crippen molar-refractivity contribution in [2.75, 3.05) is 26.9 Å². The van der Waals surface area contributed by atoms with E-state index in [1.54, 1.807) is 12.1 Å². The fraction of sp³-hybridized carbons (Fsp3) is 0.419. The number of esters is 2. The Morgan fingerprint density at radius 2 is 1.51 bits per heavy atom. The topological polar surface area (TPSA) is 251 Å². The van der Waals surface area contributed by atoms with Crippen molar-refractivity contribution in [2.24, 2.45) is 0 Å². The van der Waals surface area contributed by atoms with Crippen molar-refractivity contribution in [1.82, 2.24) is 0 Å². The first kappa shape index (κ1) is 35.7. The molecule has 2 aliphatic heterocycles. The van der Waals surface area contributed by atoms with Gasteiger partial charge in [0, 0.05) is 12.2 Å². The molecule has 256 valence electrons. The highest BCUT2D eigenvalue weighted by Gasteiger charge is 2.60. The summed E-state index contributed by atoms with van der Waals surface area (Å²) in [7, 11) is 1.34. The predicted octanol–water partition coefficient (Wildman–Crippen LogP) is -1.45. The number of phenolic OH excluding ortho intramolecular Hbond substituents is 2. The van der Waals surface area contributed by atoms with Crippen molar-refractivity contribution in [3.05, 3.63) is 65.7 Å². The van der Waals surface area contributed by atoms with Gasteiger partial charge >= 0.3 is 11.9 Å². The van der Waals surface area contributed by atoms with Crippen LogP contribution < -0.4 is 4.74 Å². The molecule has 2 heterocycles. The van der Waals surface area contributed by atoms with Crippen LogP contribution in [-0.2, 0) is 33.3 Å². The van der Waals surface area contributed by atoms with E-state index in [4.69, 9.17) is 28.4 Å². The molecule has 2 saturated heterocycles. The molecule has 16 nitrogen and oxygen atoms in total. The second kappa shape index (κ2) is 15.7. The van der Waals surface area contributed by atoms with Crippen LogP contribution in [0.25, 0.3) is 12.2 Å². The number of carbonyl (C=O) groups excluding carboxylic acids is 2. The summed E-state index contributed by atoms with van der Waals surface area (Å²) in [5.41, 5.74) is 0.993. The van der Waals surface area contributed by atoms with Gasteiger partial charge in [0.1, 0.15) is 55.6 Å². The zero-order chi connectivity index (χ0) is 34.3. The Morgan fingerprint density at radius 1 is 0.851 bits per heavy atom. The Labute approximate surface area is 267 Å². The Hall–Kier alpha value is -4.10. The molecule has 0 unspecified atom stereocenters. The number of carbonyl (C=O) groups is 2. The first-order valence-corrected chi connectivity index (χ1v) is 14.3. The van der Waals surface area contributed by atoms with E-state index in [0.717, 1.165) is 12.2 Å². The van der Waals surface area contributed by atoms with Crippen LogP contribution in [0.4, 0.5) is 0 Å². The van der Waals surface area contributed by atoms with Gasteiger partial charge in [0.15, 0.2) is 23.9 Å². The van der Waals surface area contributed by atoms with Gasteiger partial charge in [0.2, 0.25) is 5.79 Å². The summed E-state index contributed by atoms with van der Waals surface area (Å²) in [6.07, 6.45) is -9.38. The molecule has 16 heteroatoms. The highest BCUT2D eigenvalue weighted by atomic mass is 16.8. The molecule has 0 aliphatic carbocycles. The monoisotopic (exact) mass is 664 g/mol. The molecular weight excluding hydrogens is 628 g/mol. The molecule has 47 heavy (non-hydrogen) atoms. The number of aromatic hydroxyl groups is 2. The summed E-state index contributed by atoms with van der Waals surface area (Å²) in [6.45, 7) is -2.57. The molecule has 2 fully saturated rings. The van der Waals surface area contributed by atoms with Gasteiger partial charge in [-0.15, -0.1) is 0 Å². The number of aliphatic hydroxyl groups is 6. The lowest BCUT2D eigenvalue weighted by Gasteiger charge is -2.43. The van der Waals surface area contributed by atoms with Gasteiger partial charge in [-0.2, -0.15) is 0 Å². The van der Waals surface area contributed by atoms with E-state index < -0.39 is 86.6 Å². The minimum Gasteiger partial charge on any atom is -0.508 e. The van der Waals surface area contributed by atoms with E-state index >= 15 is 0 Å². The van der Waals surface area contributed by atoms with Crippen molar-refractivity contribution >= 4 is 24.1 Å². The van der Waals surface area contributed by atoms with Crippen LogP contribution in [0.15, 0.2) is 54.6 Å². The number of benzene rings is 2. The molecule has 8 N–H and O–H groups in total. The molecule has 2 aromatic rings. The summed E-state index contributed by atoms with van der Waals surface area (Å²) in [5.74, 6) is -4.35. The van der Waals surface area contributed by atoms with E-state index in [1.807, 2.05) is 0 Å². The maximum Gasteiger partial charge on any atom is 0.331 e. The molecular formula is C31H36O16. The minimum atomic E-state index is -2.46. The Morgan fingerprint density at radius 3 is 2.17 bits per heavy atom. The van der Waals surface area contributed by atoms with Crippen molar-refractivity contribution < 1.29 is 78.9 Å². The second-order valence-electron chi connectivity index (χ2n) is 10.6. The summed E-state index contributed by atoms with van der Waals surface area (Å²) in [6, 6.07) is 10.1. The quantitative estimate of drug-likeness (QED) is 0.0955. The van der Waals surface area contributed by atoms with Crippen LogP contribution in [-0.4, -0.2) is 135 Å². The fourth-order valence-corrected chi connectivity index (χ4v) is 4.85. The SMILES string of the molecule is COc1cc(C=CC(=O)O[C@H]2[C@H](O)[C@@H](CO)O[C@@]2(CO)O[C@H]2O[C@H](COC(=O)C=Cc3ccc(O)cc3)[C@@H](O)[C@H](O)[C@H]2O)ccc1O. The van der Waals surface area contributed by atoms with Crippen LogP contribution in [0.2, 0.25) is 0 Å². The number of hydrogen-bond acceptors (Lipinski definition) is 16. The number of aliphatic hydroxyl groups excluding tert-OH is 6. The largest absolute Gasteiger partial charge is 0.508 e. The van der Waals surface area contributed by atoms with Crippen LogP contribution in [0.3, 0.4) is 0 Å². The molecule has 0 spiro atoms. The van der Waals surface area contributed by atoms with Crippen LogP contribution in [0.5, 0.6) is 17.2 Å². The van der Waals surface area contributed by atoms with Crippen molar-refractivity contribution in [1.29, 1.82) is 0 Å². The van der Waals surface area contributed by atoms with Crippen molar-refractivity contribution in [3.63, 3.8) is 0 Å². The molecule has 0 radical (unpaired) electrons. The number of ether oxygens (including phenoxy) is 6. The Bertz CT molecular complexity index is 1430. The molecule has 0 bridgehead atoms. The van der Waals surface area contributed by atoms with Gasteiger partial charge in [0.25, 0.3) is 0 Å². The van der Waals surface area contributed by atoms with E-state index in [0.29, 0.717) is 11.1 Å². The van der Waals surface area contributed by atoms with Crippen LogP contribution >= 0.6 is 0 Å². The molecule has 0 aromatic heterocycles. The molecule has 2 aliphatic rings. The average Bonchev–Trinajstić information content (AvgIpc) is 3.33. The molecule has 9 atom stereocenters. The van der Waals surface area contributed by atoms with Gasteiger partial charge in [-0.25, -0.2) is 9.59 Å². The predicted molar refractivity (Wildman–Crippen MR) is 157 cm³/mol. The van der Waals surface area contributed by atoms with Crippen molar-refractivity contribution in [3.8, 4) is 17.2 Å². The Kier molecular flexibility index (Phi) is 11.9. The van der Waals surface area contributed by atoms with E-state index in [9.17, 15) is 50.4 Å². The zero-order valence-electron chi connectivity index (χ0n) is 24.9. The van der Waals surface area contributed by atoms with Gasteiger partial charge in [-0.05, 0) is 47.5 Å². The molecule has 4 rings (SSSR count). The summed E-state index contributed by atoms with van der Waals surface area (Å²) < 4.78 is 32.3. The van der Waals surface area contributed by atoms with Gasteiger partial charge in [-0.1, -0.05) is 18.2 Å². The Balaban J connectivity index is 1.46. The lowest BCUT2D eigenvalue weighted by atomic mass is 9.99. The normalized spacial score (nSPS) is 30.9. The summed E-state index contributed by atoms with van der Waals surface area (Å²) in [5, 5.41) is 81.6. The van der Waals surface area contributed by atoms with E-state index in [1.165, 1.54) is 49.6 Å². The second-order valence-corrected chi connectivity index (χ2v) is 10.6. The lowest BCUT2D eigenvalue weighted by Crippen LogP contribution is -2.63. The third kappa shape index (κ3) is 8.44. The summed E-state index contributed by atoms with van der Waals surface area (Å²) >= 11 is 0. The number of hydrogen-bond donors (Lipinski definition) is 8. The summed E-state index contributed by atoms with van der Waals surface area (Å²) in [4.78, 5) is 25.0. The number of methoxy groups -OCH3 is 1. The first-order chi connectivity index (χ1) is 22.4. The van der Waals surface area contributed by atoms with Gasteiger partial charge < -0.3 is 69.3 Å². The standard InChI is InChI=1S/C31H36O16/c1-42-20-12-17(4-9-19(20)35)6-11-24(37)45-29-26(39)21(13-32)46-31(29,15-33)47-30-28(41)27(40)25(38)22(44-30)14-43-23(36)10-5-16-2-7-18(34)8-3-16/h2-12,21-22,25-30,32-35,38-41H,13-15H2,1H3/t21-,22-,25-,26-,27+,28-,29+,30-,31+/m1/s1. The zero-order valence-corrected chi connectivity index (χ0v) is 24.9. The molecule has 2 aromatic carbocycles. The van der Waals surface area contributed by atoms with E-state index in [2.05, 4.69) is 0 Å². The van der Waals surface area contributed by atoms with Crippen molar-refractivity contribution in [2.45, 2.75) is 54.8 Å². The van der Waals surface area contributed by atoms with Crippen LogP contribution in [0, 0.1) is 0 Å². The third-order valence-electron chi connectivity index (χ3n) is 7.41. The maximum absolute atomic E-state index is 12.8. The average molecular weight is 665 g/mol. The maximum atomic E-state index is 12.8. The number of phenols is 2. The minimum absolute atomic E-state index is 0.0337. The molecule has 0 amide bonds. The highest BCUT2D eigenvalue weighted by Crippen LogP contribution is 2.38. The lowest BCUT2D eigenvalue weighted by molar-refractivity contribution is -0.383. The number of rotatable bonds is 12. The smallest absolute Gasteiger partial charge is 0.331 e. The van der Waals surface area contributed by atoms with Gasteiger partial charge in [-0.3, -0.25) is 0 Å². The molecule has 0 saturated carbocycles. The van der Waals surface area contributed by atoms with Gasteiger partial charge in [0.05, 0.1) is 13.7 Å². The highest BCUT2D eigenvalue weighted by molar-refractivity contribution is 5.87. The fourth-order valence-electron chi connectivity index (χ4n) is 4.85.